The number of nitrogens with two attached hydrogens (primary N) is 1. The Morgan fingerprint density at radius 2 is 2.38 bits per heavy atom. The van der Waals surface area contributed by atoms with Crippen LogP contribution in [0.3, 0.4) is 0 Å². The van der Waals surface area contributed by atoms with E-state index in [9.17, 15) is 14.8 Å². The summed E-state index contributed by atoms with van der Waals surface area (Å²) < 4.78 is 0.174. The van der Waals surface area contributed by atoms with E-state index in [2.05, 4.69) is 15.6 Å². The van der Waals surface area contributed by atoms with Gasteiger partial charge < -0.3 is 21.6 Å². The molecule has 8 nitrogen and oxygen atoms in total. The number of ketones is 1. The topological polar surface area (TPSA) is 124 Å². The molecule has 0 bridgehead atoms. The summed E-state index contributed by atoms with van der Waals surface area (Å²) in [4.78, 5) is 27.5. The van der Waals surface area contributed by atoms with Gasteiger partial charge in [0.25, 0.3) is 5.91 Å². The molecule has 4 N–H and O–H groups in total. The van der Waals surface area contributed by atoms with Gasteiger partial charge in [-0.15, -0.1) is 4.98 Å². The highest BCUT2D eigenvalue weighted by molar-refractivity contribution is 6.41. The second-order valence-corrected chi connectivity index (χ2v) is 4.56. The van der Waals surface area contributed by atoms with Crippen molar-refractivity contribution in [2.45, 2.75) is 19.4 Å². The van der Waals surface area contributed by atoms with E-state index in [1.165, 1.54) is 6.07 Å². The lowest BCUT2D eigenvalue weighted by Crippen LogP contribution is -2.44. The summed E-state index contributed by atoms with van der Waals surface area (Å²) in [5, 5.41) is 17.4. The summed E-state index contributed by atoms with van der Waals surface area (Å²) in [7, 11) is 0. The largest absolute Gasteiger partial charge is 0.740 e. The first-order chi connectivity index (χ1) is 10.0. The van der Waals surface area contributed by atoms with Crippen LogP contribution in [0.1, 0.15) is 35.7 Å². The second kappa shape index (κ2) is 6.31. The fourth-order valence-corrected chi connectivity index (χ4v) is 2.00. The van der Waals surface area contributed by atoms with E-state index in [1.807, 2.05) is 12.2 Å². The van der Waals surface area contributed by atoms with Gasteiger partial charge in [0.2, 0.25) is 5.82 Å². The Morgan fingerprint density at radius 3 is 3.00 bits per heavy atom. The van der Waals surface area contributed by atoms with Gasteiger partial charge in [-0.2, -0.15) is 0 Å². The molecule has 1 atom stereocenters. The number of aromatic nitrogens is 2. The summed E-state index contributed by atoms with van der Waals surface area (Å²) in [5.74, 6) is -2.57. The van der Waals surface area contributed by atoms with Gasteiger partial charge in [0, 0.05) is 6.54 Å². The zero-order valence-electron chi connectivity index (χ0n) is 11.6. The van der Waals surface area contributed by atoms with E-state index < -0.39 is 17.5 Å². The first kappa shape index (κ1) is 14.9. The van der Waals surface area contributed by atoms with Crippen molar-refractivity contribution in [3.8, 4) is 0 Å². The SMILES string of the molecule is CCNC(=O)C(=O)c1nc(C2C=CCCN2)cc(N)[n+]1[O-]. The van der Waals surface area contributed by atoms with E-state index in [0.717, 1.165) is 13.0 Å². The number of Topliss-reactive ketones (excluding diaryl/α,β-unsaturated/α-hetero) is 1. The minimum absolute atomic E-state index is 0.173. The van der Waals surface area contributed by atoms with Gasteiger partial charge in [-0.1, -0.05) is 12.2 Å². The highest BCUT2D eigenvalue weighted by atomic mass is 16.5. The Bertz CT molecular complexity index is 600. The third-order valence-corrected chi connectivity index (χ3v) is 3.03. The fraction of sp³-hybridized carbons (Fsp3) is 0.385. The van der Waals surface area contributed by atoms with Crippen LogP contribution in [0.5, 0.6) is 0 Å². The van der Waals surface area contributed by atoms with Crippen LogP contribution in [-0.2, 0) is 4.79 Å². The predicted molar refractivity (Wildman–Crippen MR) is 75.1 cm³/mol. The molecule has 1 aliphatic heterocycles. The fourth-order valence-electron chi connectivity index (χ4n) is 2.00. The number of likely N-dealkylation sites (N-methyl/N-ethyl adjacent to an activating group) is 1. The van der Waals surface area contributed by atoms with Crippen LogP contribution in [0, 0.1) is 5.21 Å². The maximum absolute atomic E-state index is 12.0. The van der Waals surface area contributed by atoms with Gasteiger partial charge in [-0.25, -0.2) is 4.73 Å². The zero-order chi connectivity index (χ0) is 15.4. The molecular weight excluding hydrogens is 274 g/mol. The number of hydrogen-bond donors (Lipinski definition) is 3. The van der Waals surface area contributed by atoms with Gasteiger partial charge in [-0.05, 0) is 19.9 Å². The summed E-state index contributed by atoms with van der Waals surface area (Å²) in [5.41, 5.74) is 6.05. The number of carbonyl (C=O) groups excluding carboxylic acids is 2. The molecule has 8 heteroatoms. The van der Waals surface area contributed by atoms with Crippen LogP contribution in [0.25, 0.3) is 0 Å². The van der Waals surface area contributed by atoms with E-state index in [-0.39, 0.29) is 23.1 Å². The van der Waals surface area contributed by atoms with Crippen molar-refractivity contribution in [1.82, 2.24) is 15.6 Å². The van der Waals surface area contributed by atoms with Crippen LogP contribution < -0.4 is 21.1 Å². The number of rotatable bonds is 4. The molecule has 1 aromatic rings. The summed E-state index contributed by atoms with van der Waals surface area (Å²) in [6.45, 7) is 2.71. The third-order valence-electron chi connectivity index (χ3n) is 3.03. The smallest absolute Gasteiger partial charge is 0.318 e. The van der Waals surface area contributed by atoms with Crippen molar-refractivity contribution >= 4 is 17.5 Å². The Balaban J connectivity index is 2.38. The molecule has 0 radical (unpaired) electrons. The lowest BCUT2D eigenvalue weighted by atomic mass is 10.1. The van der Waals surface area contributed by atoms with Crippen molar-refractivity contribution < 1.29 is 14.3 Å². The number of hydrogen-bond acceptors (Lipinski definition) is 6. The Kier molecular flexibility index (Phi) is 4.49. The molecule has 0 saturated heterocycles. The average molecular weight is 291 g/mol. The number of carbonyl (C=O) groups is 2. The van der Waals surface area contributed by atoms with E-state index in [0.29, 0.717) is 5.69 Å². The van der Waals surface area contributed by atoms with Gasteiger partial charge in [0.05, 0.1) is 12.1 Å². The van der Waals surface area contributed by atoms with Crippen molar-refractivity contribution in [2.24, 2.45) is 0 Å². The number of anilines is 1. The Morgan fingerprint density at radius 1 is 1.62 bits per heavy atom. The quantitative estimate of drug-likeness (QED) is 0.219. The van der Waals surface area contributed by atoms with Crippen molar-refractivity contribution in [3.05, 3.63) is 34.9 Å². The molecule has 2 heterocycles. The molecule has 0 spiro atoms. The van der Waals surface area contributed by atoms with Crippen LogP contribution in [0.15, 0.2) is 18.2 Å². The standard InChI is InChI=1S/C13H17N5O3/c1-2-15-13(20)11(19)12-17-9(7-10(14)18(12)21)8-5-3-4-6-16-8/h3,5,7-8,16H,2,4,6,14H2,1H3,(H,15,20). The molecule has 0 aromatic carbocycles. The monoisotopic (exact) mass is 291 g/mol. The molecular formula is C13H17N5O3. The molecule has 21 heavy (non-hydrogen) atoms. The van der Waals surface area contributed by atoms with Crippen molar-refractivity contribution in [1.29, 1.82) is 0 Å². The molecule has 0 fully saturated rings. The molecule has 0 saturated carbocycles. The molecule has 1 aliphatic rings. The van der Waals surface area contributed by atoms with Gasteiger partial charge in [-0.3, -0.25) is 9.59 Å². The van der Waals surface area contributed by atoms with Crippen molar-refractivity contribution in [2.75, 3.05) is 18.8 Å². The third kappa shape index (κ3) is 3.16. The zero-order valence-corrected chi connectivity index (χ0v) is 11.6. The summed E-state index contributed by atoms with van der Waals surface area (Å²) >= 11 is 0. The molecule has 112 valence electrons. The van der Waals surface area contributed by atoms with E-state index in [4.69, 9.17) is 5.73 Å². The molecule has 1 amide bonds. The Hall–Kier alpha value is -2.48. The maximum Gasteiger partial charge on any atom is 0.318 e. The molecule has 2 rings (SSSR count). The van der Waals surface area contributed by atoms with Gasteiger partial charge >= 0.3 is 11.6 Å². The van der Waals surface area contributed by atoms with Crippen LogP contribution in [0.2, 0.25) is 0 Å². The lowest BCUT2D eigenvalue weighted by molar-refractivity contribution is -0.595. The van der Waals surface area contributed by atoms with Crippen LogP contribution >= 0.6 is 0 Å². The highest BCUT2D eigenvalue weighted by Crippen LogP contribution is 2.16. The lowest BCUT2D eigenvalue weighted by Gasteiger charge is -2.18. The molecule has 1 unspecified atom stereocenters. The van der Waals surface area contributed by atoms with Gasteiger partial charge in [0.1, 0.15) is 5.69 Å². The van der Waals surface area contributed by atoms with Crippen LogP contribution in [-0.4, -0.2) is 29.8 Å². The summed E-state index contributed by atoms with van der Waals surface area (Å²) in [6.07, 6.45) is 4.74. The molecule has 1 aromatic heterocycles. The Labute approximate surface area is 121 Å². The minimum atomic E-state index is -1.000. The molecule has 0 aliphatic carbocycles. The highest BCUT2D eigenvalue weighted by Gasteiger charge is 2.28. The number of nitrogen functional groups attached to an aromatic ring is 1. The first-order valence-electron chi connectivity index (χ1n) is 6.67. The normalized spacial score (nSPS) is 17.5. The predicted octanol–water partition coefficient (Wildman–Crippen LogP) is -0.793. The van der Waals surface area contributed by atoms with Crippen LogP contribution in [0.4, 0.5) is 5.82 Å². The number of nitrogens with one attached hydrogen (secondary N) is 2. The number of amides is 1. The average Bonchev–Trinajstić information content (AvgIpc) is 2.50. The second-order valence-electron chi connectivity index (χ2n) is 4.56. The van der Waals surface area contributed by atoms with E-state index in [1.54, 1.807) is 6.92 Å². The first-order valence-corrected chi connectivity index (χ1v) is 6.67. The van der Waals surface area contributed by atoms with Gasteiger partial charge in [0.15, 0.2) is 0 Å². The minimum Gasteiger partial charge on any atom is -0.740 e. The number of nitrogens with zero attached hydrogens (tertiary/aromatic N) is 2. The van der Waals surface area contributed by atoms with Crippen molar-refractivity contribution in [3.63, 3.8) is 0 Å². The van der Waals surface area contributed by atoms with E-state index >= 15 is 0 Å². The maximum atomic E-state index is 12.0. The summed E-state index contributed by atoms with van der Waals surface area (Å²) in [6, 6.07) is 1.16.